The number of carboxylic acids is 1. The standard InChI is InChI=1S/C22H23ClN2O7/c23-16-3-1-2-15(9-16)14-6-4-13(5-7-14)8-17(10-19(27)22(30)31)24-20(28)21(29)25-11-18(26)12-32-25/h1-7,9,17-19,26-27H,8,10-12H2,(H,24,28)(H,30,31)/t17-,18?,19-/m1/s1. The van der Waals surface area contributed by atoms with Crippen LogP contribution in [0.2, 0.25) is 5.02 Å². The summed E-state index contributed by atoms with van der Waals surface area (Å²) in [5, 5.41) is 32.1. The highest BCUT2D eigenvalue weighted by Crippen LogP contribution is 2.23. The first kappa shape index (κ1) is 23.7. The minimum Gasteiger partial charge on any atom is -0.479 e. The topological polar surface area (TPSA) is 136 Å². The normalized spacial score (nSPS) is 17.6. The van der Waals surface area contributed by atoms with Gasteiger partial charge in [0.1, 0.15) is 12.7 Å². The molecule has 3 atom stereocenters. The number of carbonyl (C=O) groups is 3. The lowest BCUT2D eigenvalue weighted by Gasteiger charge is -2.21. The molecule has 1 fully saturated rings. The van der Waals surface area contributed by atoms with Gasteiger partial charge < -0.3 is 20.6 Å². The summed E-state index contributed by atoms with van der Waals surface area (Å²) in [5.74, 6) is -3.46. The summed E-state index contributed by atoms with van der Waals surface area (Å²) >= 11 is 6.03. The first-order valence-electron chi connectivity index (χ1n) is 9.92. The Morgan fingerprint density at radius 2 is 1.88 bits per heavy atom. The summed E-state index contributed by atoms with van der Waals surface area (Å²) in [6.45, 7) is -0.237. The van der Waals surface area contributed by atoms with Crippen molar-refractivity contribution in [1.82, 2.24) is 10.4 Å². The zero-order chi connectivity index (χ0) is 23.3. The van der Waals surface area contributed by atoms with Crippen LogP contribution in [0.4, 0.5) is 0 Å². The van der Waals surface area contributed by atoms with E-state index in [9.17, 15) is 24.6 Å². The molecule has 32 heavy (non-hydrogen) atoms. The second kappa shape index (κ2) is 10.6. The largest absolute Gasteiger partial charge is 0.479 e. The van der Waals surface area contributed by atoms with Gasteiger partial charge in [-0.15, -0.1) is 0 Å². The Hall–Kier alpha value is -2.98. The molecule has 2 aromatic rings. The Labute approximate surface area is 189 Å². The first-order chi connectivity index (χ1) is 15.2. The number of hydroxylamine groups is 2. The number of aliphatic hydroxyl groups is 2. The molecule has 0 radical (unpaired) electrons. The smallest absolute Gasteiger partial charge is 0.335 e. The van der Waals surface area contributed by atoms with Gasteiger partial charge in [0, 0.05) is 17.5 Å². The number of aliphatic hydroxyl groups excluding tert-OH is 2. The van der Waals surface area contributed by atoms with Crippen molar-refractivity contribution in [2.24, 2.45) is 0 Å². The van der Waals surface area contributed by atoms with Crippen LogP contribution < -0.4 is 5.32 Å². The van der Waals surface area contributed by atoms with E-state index in [0.29, 0.717) is 5.02 Å². The van der Waals surface area contributed by atoms with Crippen molar-refractivity contribution in [2.45, 2.75) is 31.1 Å². The average Bonchev–Trinajstić information content (AvgIpc) is 3.19. The molecule has 3 rings (SSSR count). The van der Waals surface area contributed by atoms with Crippen molar-refractivity contribution >= 4 is 29.4 Å². The summed E-state index contributed by atoms with van der Waals surface area (Å²) in [4.78, 5) is 40.6. The summed E-state index contributed by atoms with van der Waals surface area (Å²) in [7, 11) is 0. The van der Waals surface area contributed by atoms with Crippen molar-refractivity contribution in [1.29, 1.82) is 0 Å². The minimum atomic E-state index is -1.72. The molecule has 10 heteroatoms. The second-order valence-electron chi connectivity index (χ2n) is 7.49. The quantitative estimate of drug-likeness (QED) is 0.450. The van der Waals surface area contributed by atoms with Crippen molar-refractivity contribution in [3.05, 3.63) is 59.1 Å². The lowest BCUT2D eigenvalue weighted by molar-refractivity contribution is -0.174. The molecule has 9 nitrogen and oxygen atoms in total. The van der Waals surface area contributed by atoms with Crippen LogP contribution in [0.3, 0.4) is 0 Å². The van der Waals surface area contributed by atoms with Gasteiger partial charge in [-0.05, 0) is 35.2 Å². The van der Waals surface area contributed by atoms with Crippen LogP contribution in [-0.2, 0) is 25.6 Å². The highest BCUT2D eigenvalue weighted by molar-refractivity contribution is 6.34. The van der Waals surface area contributed by atoms with E-state index in [1.54, 1.807) is 6.07 Å². The van der Waals surface area contributed by atoms with Crippen LogP contribution in [0, 0.1) is 0 Å². The highest BCUT2D eigenvalue weighted by Gasteiger charge is 2.32. The summed E-state index contributed by atoms with van der Waals surface area (Å²) in [6.07, 6.45) is -2.71. The first-order valence-corrected chi connectivity index (χ1v) is 10.3. The fourth-order valence-electron chi connectivity index (χ4n) is 3.32. The Bertz CT molecular complexity index is 982. The predicted molar refractivity (Wildman–Crippen MR) is 114 cm³/mol. The molecule has 1 saturated heterocycles. The Balaban J connectivity index is 1.70. The summed E-state index contributed by atoms with van der Waals surface area (Å²) in [5.41, 5.74) is 2.61. The monoisotopic (exact) mass is 462 g/mol. The van der Waals surface area contributed by atoms with Crippen LogP contribution in [-0.4, -0.2) is 69.6 Å². The molecule has 0 bridgehead atoms. The van der Waals surface area contributed by atoms with Gasteiger partial charge in [0.25, 0.3) is 0 Å². The number of hydrogen-bond acceptors (Lipinski definition) is 6. The van der Waals surface area contributed by atoms with E-state index in [1.165, 1.54) is 0 Å². The molecular weight excluding hydrogens is 440 g/mol. The van der Waals surface area contributed by atoms with Gasteiger partial charge in [-0.1, -0.05) is 48.0 Å². The number of β-amino-alcohol motifs (C(OH)–C–C–N with tert-alkyl or cyclic N) is 1. The molecule has 0 spiro atoms. The number of nitrogens with one attached hydrogen (secondary N) is 1. The molecule has 1 aliphatic heterocycles. The average molecular weight is 463 g/mol. The van der Waals surface area contributed by atoms with E-state index in [1.807, 2.05) is 42.5 Å². The molecule has 4 N–H and O–H groups in total. The van der Waals surface area contributed by atoms with E-state index < -0.39 is 36.0 Å². The molecule has 2 amide bonds. The van der Waals surface area contributed by atoms with Gasteiger partial charge in [0.15, 0.2) is 6.10 Å². The predicted octanol–water partition coefficient (Wildman–Crippen LogP) is 1.00. The van der Waals surface area contributed by atoms with E-state index in [2.05, 4.69) is 5.32 Å². The van der Waals surface area contributed by atoms with Crippen LogP contribution in [0.15, 0.2) is 48.5 Å². The van der Waals surface area contributed by atoms with Gasteiger partial charge in [0.2, 0.25) is 0 Å². The number of carbonyl (C=O) groups excluding carboxylic acids is 2. The minimum absolute atomic E-state index is 0.0981. The summed E-state index contributed by atoms with van der Waals surface area (Å²) < 4.78 is 0. The van der Waals surface area contributed by atoms with Crippen LogP contribution in [0.5, 0.6) is 0 Å². The lowest BCUT2D eigenvalue weighted by atomic mass is 9.98. The fourth-order valence-corrected chi connectivity index (χ4v) is 3.51. The Kier molecular flexibility index (Phi) is 7.81. The number of aliphatic carboxylic acids is 1. The molecule has 170 valence electrons. The van der Waals surface area contributed by atoms with Gasteiger partial charge in [-0.2, -0.15) is 0 Å². The Morgan fingerprint density at radius 1 is 1.16 bits per heavy atom. The maximum Gasteiger partial charge on any atom is 0.335 e. The number of nitrogens with zero attached hydrogens (tertiary/aromatic N) is 1. The fraction of sp³-hybridized carbons (Fsp3) is 0.318. The molecule has 0 saturated carbocycles. The molecule has 0 aliphatic carbocycles. The third-order valence-corrected chi connectivity index (χ3v) is 5.18. The number of amides is 2. The molecule has 1 heterocycles. The maximum absolute atomic E-state index is 12.4. The maximum atomic E-state index is 12.4. The number of hydrogen-bond donors (Lipinski definition) is 4. The molecule has 2 aromatic carbocycles. The zero-order valence-electron chi connectivity index (χ0n) is 17.0. The van der Waals surface area contributed by atoms with Crippen molar-refractivity contribution in [3.63, 3.8) is 0 Å². The van der Waals surface area contributed by atoms with Gasteiger partial charge in [0.05, 0.1) is 6.54 Å². The van der Waals surface area contributed by atoms with Gasteiger partial charge >= 0.3 is 17.8 Å². The van der Waals surface area contributed by atoms with Crippen molar-refractivity contribution in [2.75, 3.05) is 13.2 Å². The SMILES string of the molecule is O=C(N[C@H](Cc1ccc(-c2cccc(Cl)c2)cc1)C[C@@H](O)C(=O)O)C(=O)N1CC(O)CO1. The van der Waals surface area contributed by atoms with E-state index in [0.717, 1.165) is 21.8 Å². The van der Waals surface area contributed by atoms with E-state index in [-0.39, 0.29) is 26.0 Å². The highest BCUT2D eigenvalue weighted by atomic mass is 35.5. The Morgan fingerprint density at radius 3 is 2.47 bits per heavy atom. The number of carboxylic acid groups (broad SMARTS) is 1. The molecule has 0 aromatic heterocycles. The van der Waals surface area contributed by atoms with E-state index in [4.69, 9.17) is 21.5 Å². The number of rotatable bonds is 7. The van der Waals surface area contributed by atoms with Gasteiger partial charge in [-0.25, -0.2) is 9.86 Å². The van der Waals surface area contributed by atoms with Crippen LogP contribution in [0.25, 0.3) is 11.1 Å². The van der Waals surface area contributed by atoms with Crippen molar-refractivity contribution in [3.8, 4) is 11.1 Å². The molecule has 1 aliphatic rings. The zero-order valence-corrected chi connectivity index (χ0v) is 17.7. The van der Waals surface area contributed by atoms with E-state index >= 15 is 0 Å². The number of halogens is 1. The third-order valence-electron chi connectivity index (χ3n) is 4.94. The van der Waals surface area contributed by atoms with Crippen molar-refractivity contribution < 1.29 is 34.5 Å². The molecular formula is C22H23ClN2O7. The third kappa shape index (κ3) is 6.27. The summed E-state index contributed by atoms with van der Waals surface area (Å²) in [6, 6.07) is 13.9. The number of benzene rings is 2. The second-order valence-corrected chi connectivity index (χ2v) is 7.92. The lowest BCUT2D eigenvalue weighted by Crippen LogP contribution is -2.47. The van der Waals surface area contributed by atoms with Crippen LogP contribution in [0.1, 0.15) is 12.0 Å². The van der Waals surface area contributed by atoms with Crippen LogP contribution >= 0.6 is 11.6 Å². The molecule has 1 unspecified atom stereocenters. The van der Waals surface area contributed by atoms with Gasteiger partial charge in [-0.3, -0.25) is 14.4 Å².